The predicted octanol–water partition coefficient (Wildman–Crippen LogP) is 18.7. The molecule has 0 heterocycles. The number of rotatable bonds is 7. The highest BCUT2D eigenvalue weighted by Crippen LogP contribution is 2.55. The van der Waals surface area contributed by atoms with Gasteiger partial charge in [-0.15, -0.1) is 0 Å². The molecule has 11 aromatic rings. The molecule has 0 radical (unpaired) electrons. The summed E-state index contributed by atoms with van der Waals surface area (Å²) in [5.41, 5.74) is 23.6. The lowest BCUT2D eigenvalue weighted by atomic mass is 9.81. The van der Waals surface area contributed by atoms with Crippen LogP contribution in [0, 0.1) is 0 Å². The first-order valence-corrected chi connectivity index (χ1v) is 24.3. The van der Waals surface area contributed by atoms with Crippen LogP contribution in [0.3, 0.4) is 0 Å². The summed E-state index contributed by atoms with van der Waals surface area (Å²) >= 11 is 0. The van der Waals surface area contributed by atoms with Crippen molar-refractivity contribution in [2.45, 2.75) is 38.5 Å². The van der Waals surface area contributed by atoms with Crippen molar-refractivity contribution in [1.82, 2.24) is 0 Å². The molecule has 0 aromatic heterocycles. The average molecular weight is 882 g/mol. The molecule has 0 bridgehead atoms. The lowest BCUT2D eigenvalue weighted by Crippen LogP contribution is -2.18. The largest absolute Gasteiger partial charge is 0.310 e. The average Bonchev–Trinajstić information content (AvgIpc) is 3.77. The molecule has 0 saturated heterocycles. The molecule has 13 rings (SSSR count). The van der Waals surface area contributed by atoms with E-state index in [0.29, 0.717) is 0 Å². The fourth-order valence-corrected chi connectivity index (χ4v) is 11.7. The summed E-state index contributed by atoms with van der Waals surface area (Å²) in [6, 6.07) is 88.1. The van der Waals surface area contributed by atoms with Crippen molar-refractivity contribution < 1.29 is 0 Å². The van der Waals surface area contributed by atoms with Gasteiger partial charge < -0.3 is 4.90 Å². The minimum absolute atomic E-state index is 0.198. The molecule has 0 aliphatic heterocycles. The van der Waals surface area contributed by atoms with Crippen LogP contribution in [-0.4, -0.2) is 0 Å². The van der Waals surface area contributed by atoms with E-state index in [2.05, 4.69) is 269 Å². The van der Waals surface area contributed by atoms with Crippen LogP contribution in [0.2, 0.25) is 0 Å². The third-order valence-electron chi connectivity index (χ3n) is 15.5. The third kappa shape index (κ3) is 6.60. The molecule has 0 amide bonds. The molecule has 0 atom stereocenters. The van der Waals surface area contributed by atoms with E-state index in [0.717, 1.165) is 11.4 Å². The van der Waals surface area contributed by atoms with Crippen molar-refractivity contribution in [3.63, 3.8) is 0 Å². The van der Waals surface area contributed by atoms with Crippen LogP contribution in [0.1, 0.15) is 49.9 Å². The zero-order valence-corrected chi connectivity index (χ0v) is 39.5. The van der Waals surface area contributed by atoms with E-state index >= 15 is 0 Å². The molecular weight excluding hydrogens is 831 g/mol. The Hall–Kier alpha value is -8.26. The van der Waals surface area contributed by atoms with Crippen molar-refractivity contribution in [3.05, 3.63) is 259 Å². The molecule has 1 nitrogen and oxygen atoms in total. The fourth-order valence-electron chi connectivity index (χ4n) is 11.7. The Labute approximate surface area is 405 Å². The first-order chi connectivity index (χ1) is 33.7. The van der Waals surface area contributed by atoms with Crippen LogP contribution in [0.5, 0.6) is 0 Å². The number of fused-ring (bicyclic) bond motifs is 9. The van der Waals surface area contributed by atoms with Crippen LogP contribution in [-0.2, 0) is 10.8 Å². The van der Waals surface area contributed by atoms with Gasteiger partial charge in [-0.05, 0) is 148 Å². The summed E-state index contributed by atoms with van der Waals surface area (Å²) in [4.78, 5) is 2.53. The van der Waals surface area contributed by atoms with Gasteiger partial charge in [0.2, 0.25) is 0 Å². The normalized spacial score (nSPS) is 13.7. The Bertz CT molecular complexity index is 3800. The second-order valence-electron chi connectivity index (χ2n) is 20.1. The number of anilines is 3. The molecule has 0 fully saturated rings. The molecule has 0 unspecified atom stereocenters. The predicted molar refractivity (Wildman–Crippen MR) is 293 cm³/mol. The van der Waals surface area contributed by atoms with Crippen LogP contribution in [0.4, 0.5) is 17.1 Å². The molecular formula is C68H51N. The maximum atomic E-state index is 2.53. The van der Waals surface area contributed by atoms with Crippen LogP contribution < -0.4 is 4.90 Å². The zero-order chi connectivity index (χ0) is 46.4. The number of benzene rings is 11. The van der Waals surface area contributed by atoms with E-state index in [9.17, 15) is 0 Å². The molecule has 69 heavy (non-hydrogen) atoms. The van der Waals surface area contributed by atoms with E-state index in [4.69, 9.17) is 0 Å². The van der Waals surface area contributed by atoms with E-state index in [1.165, 1.54) is 116 Å². The van der Waals surface area contributed by atoms with Crippen LogP contribution in [0.15, 0.2) is 237 Å². The molecule has 1 heteroatoms. The van der Waals surface area contributed by atoms with E-state index in [1.807, 2.05) is 0 Å². The SMILES string of the molecule is CC1(C)c2cc(-c3ccccc3)ccc2-c2ccc(N(c3ccc4c(c3)C(C)(C)c3cc(-c5ccc(-c6ccc(-c7ccccc7)cc6)cc5)ccc3-4)c3cc4ccccc4c4ccccc34)cc21. The van der Waals surface area contributed by atoms with Gasteiger partial charge >= 0.3 is 0 Å². The highest BCUT2D eigenvalue weighted by molar-refractivity contribution is 6.14. The maximum Gasteiger partial charge on any atom is 0.0546 e. The van der Waals surface area contributed by atoms with Gasteiger partial charge in [-0.25, -0.2) is 0 Å². The van der Waals surface area contributed by atoms with Crippen LogP contribution >= 0.6 is 0 Å². The van der Waals surface area contributed by atoms with Crippen LogP contribution in [0.25, 0.3) is 88.3 Å². The molecule has 2 aliphatic carbocycles. The lowest BCUT2D eigenvalue weighted by molar-refractivity contribution is 0.660. The fraction of sp³-hybridized carbons (Fsp3) is 0.0882. The van der Waals surface area contributed by atoms with Gasteiger partial charge in [-0.1, -0.05) is 222 Å². The van der Waals surface area contributed by atoms with Gasteiger partial charge in [0.15, 0.2) is 0 Å². The molecule has 2 aliphatic rings. The van der Waals surface area contributed by atoms with Crippen molar-refractivity contribution >= 4 is 38.6 Å². The van der Waals surface area contributed by atoms with Gasteiger partial charge in [-0.2, -0.15) is 0 Å². The number of hydrogen-bond donors (Lipinski definition) is 0. The number of nitrogens with zero attached hydrogens (tertiary/aromatic N) is 1. The molecule has 0 saturated carbocycles. The van der Waals surface area contributed by atoms with Crippen molar-refractivity contribution in [2.75, 3.05) is 4.90 Å². The highest BCUT2D eigenvalue weighted by Gasteiger charge is 2.38. The smallest absolute Gasteiger partial charge is 0.0546 e. The zero-order valence-electron chi connectivity index (χ0n) is 39.5. The second kappa shape index (κ2) is 15.7. The van der Waals surface area contributed by atoms with Gasteiger partial charge in [-0.3, -0.25) is 0 Å². The quantitative estimate of drug-likeness (QED) is 0.144. The molecule has 11 aromatic carbocycles. The minimum atomic E-state index is -0.230. The summed E-state index contributed by atoms with van der Waals surface area (Å²) < 4.78 is 0. The second-order valence-corrected chi connectivity index (χ2v) is 20.1. The van der Waals surface area contributed by atoms with E-state index in [-0.39, 0.29) is 10.8 Å². The Morgan fingerprint density at radius 2 is 0.594 bits per heavy atom. The summed E-state index contributed by atoms with van der Waals surface area (Å²) in [7, 11) is 0. The number of hydrogen-bond acceptors (Lipinski definition) is 1. The Morgan fingerprint density at radius 3 is 1.07 bits per heavy atom. The summed E-state index contributed by atoms with van der Waals surface area (Å²) in [5, 5.41) is 4.99. The van der Waals surface area contributed by atoms with E-state index < -0.39 is 0 Å². The van der Waals surface area contributed by atoms with Gasteiger partial charge in [0.25, 0.3) is 0 Å². The maximum absolute atomic E-state index is 2.53. The Balaban J connectivity index is 0.895. The van der Waals surface area contributed by atoms with Crippen molar-refractivity contribution in [1.29, 1.82) is 0 Å². The summed E-state index contributed by atoms with van der Waals surface area (Å²) in [6.07, 6.45) is 0. The third-order valence-corrected chi connectivity index (χ3v) is 15.5. The summed E-state index contributed by atoms with van der Waals surface area (Å²) in [5.74, 6) is 0. The Kier molecular flexibility index (Phi) is 9.30. The minimum Gasteiger partial charge on any atom is -0.310 e. The monoisotopic (exact) mass is 881 g/mol. The molecule has 0 spiro atoms. The highest BCUT2D eigenvalue weighted by atomic mass is 15.1. The summed E-state index contributed by atoms with van der Waals surface area (Å²) in [6.45, 7) is 9.60. The first-order valence-electron chi connectivity index (χ1n) is 24.3. The van der Waals surface area contributed by atoms with E-state index in [1.54, 1.807) is 0 Å². The molecule has 0 N–H and O–H groups in total. The van der Waals surface area contributed by atoms with Gasteiger partial charge in [0.05, 0.1) is 5.69 Å². The first kappa shape index (κ1) is 41.0. The van der Waals surface area contributed by atoms with Gasteiger partial charge in [0.1, 0.15) is 0 Å². The van der Waals surface area contributed by atoms with Gasteiger partial charge in [0, 0.05) is 27.6 Å². The standard InChI is InChI=1S/C68H51N/c1-67(2)62-39-50(45-17-9-6-10-18-45)31-35-57(62)59-37-33-53(42-64(59)67)69(66-41-52-19-11-12-20-55(52)56-21-13-14-22-61(56)66)54-34-38-60-58-36-32-51(40-63(58)68(3,4)65(60)43-54)49-29-27-48(28-30-49)47-25-23-46(24-26-47)44-15-7-5-8-16-44/h5-43H,1-4H3. The van der Waals surface area contributed by atoms with Crippen molar-refractivity contribution in [3.8, 4) is 66.8 Å². The van der Waals surface area contributed by atoms with Crippen molar-refractivity contribution in [2.24, 2.45) is 0 Å². The topological polar surface area (TPSA) is 3.24 Å². The Morgan fingerprint density at radius 1 is 0.261 bits per heavy atom. The molecule has 328 valence electrons. The lowest BCUT2D eigenvalue weighted by Gasteiger charge is -2.31.